The lowest BCUT2D eigenvalue weighted by Crippen LogP contribution is -2.07. The number of nitrogens with two attached hydrogens (primary N) is 1. The van der Waals surface area contributed by atoms with Gasteiger partial charge in [0, 0.05) is 5.69 Å². The van der Waals surface area contributed by atoms with Crippen molar-refractivity contribution in [2.24, 2.45) is 0 Å². The maximum atomic E-state index is 11.6. The number of ether oxygens (including phenoxy) is 1. The largest absolute Gasteiger partial charge is 0.465 e. The summed E-state index contributed by atoms with van der Waals surface area (Å²) in [7, 11) is 1.32. The summed E-state index contributed by atoms with van der Waals surface area (Å²) in [6.07, 6.45) is 0.375. The van der Waals surface area contributed by atoms with Crippen molar-refractivity contribution in [2.75, 3.05) is 18.2 Å². The third-order valence-corrected chi connectivity index (χ3v) is 3.03. The van der Waals surface area contributed by atoms with E-state index in [2.05, 4.69) is 16.1 Å². The highest BCUT2D eigenvalue weighted by molar-refractivity contribution is 5.98. The predicted octanol–water partition coefficient (Wildman–Crippen LogP) is 2.87. The molecule has 21 heavy (non-hydrogen) atoms. The minimum atomic E-state index is -0.472. The van der Waals surface area contributed by atoms with Crippen LogP contribution in [0.25, 0.3) is 0 Å². The summed E-state index contributed by atoms with van der Waals surface area (Å²) in [6.45, 7) is 0. The van der Waals surface area contributed by atoms with Crippen molar-refractivity contribution in [1.29, 1.82) is 5.26 Å². The van der Waals surface area contributed by atoms with Crippen LogP contribution in [0.3, 0.4) is 0 Å². The topological polar surface area (TPSA) is 88.1 Å². The van der Waals surface area contributed by atoms with E-state index in [4.69, 9.17) is 11.0 Å². The molecule has 106 valence electrons. The number of anilines is 3. The van der Waals surface area contributed by atoms with E-state index in [1.807, 2.05) is 24.3 Å². The Balaban J connectivity index is 2.23. The number of nitriles is 1. The molecule has 0 spiro atoms. The Bertz CT molecular complexity index is 688. The van der Waals surface area contributed by atoms with Gasteiger partial charge in [-0.25, -0.2) is 4.79 Å². The first-order valence-electron chi connectivity index (χ1n) is 6.35. The average molecular weight is 281 g/mol. The molecule has 0 saturated heterocycles. The summed E-state index contributed by atoms with van der Waals surface area (Å²) in [5.41, 5.74) is 9.04. The molecule has 0 aromatic heterocycles. The Hall–Kier alpha value is -3.00. The Morgan fingerprint density at radius 3 is 2.62 bits per heavy atom. The summed E-state index contributed by atoms with van der Waals surface area (Å²) in [4.78, 5) is 11.6. The van der Waals surface area contributed by atoms with Crippen molar-refractivity contribution in [3.63, 3.8) is 0 Å². The van der Waals surface area contributed by atoms with Gasteiger partial charge >= 0.3 is 5.97 Å². The molecule has 3 N–H and O–H groups in total. The van der Waals surface area contributed by atoms with E-state index in [1.165, 1.54) is 7.11 Å². The fourth-order valence-corrected chi connectivity index (χ4v) is 1.91. The number of methoxy groups -OCH3 is 1. The van der Waals surface area contributed by atoms with E-state index in [1.54, 1.807) is 18.2 Å². The fourth-order valence-electron chi connectivity index (χ4n) is 1.91. The summed E-state index contributed by atoms with van der Waals surface area (Å²) in [6, 6.07) is 14.7. The van der Waals surface area contributed by atoms with Crippen LogP contribution in [-0.2, 0) is 11.2 Å². The molecule has 0 radical (unpaired) electrons. The molecular weight excluding hydrogens is 266 g/mol. The highest BCUT2D eigenvalue weighted by Crippen LogP contribution is 2.27. The van der Waals surface area contributed by atoms with Crippen molar-refractivity contribution in [3.8, 4) is 6.07 Å². The van der Waals surface area contributed by atoms with E-state index >= 15 is 0 Å². The lowest BCUT2D eigenvalue weighted by molar-refractivity contribution is 0.0602. The summed E-state index contributed by atoms with van der Waals surface area (Å²) in [5, 5.41) is 11.8. The number of nitrogens with one attached hydrogen (secondary N) is 1. The number of carbonyl (C=O) groups is 1. The molecule has 0 unspecified atom stereocenters. The quantitative estimate of drug-likeness (QED) is 0.664. The minimum Gasteiger partial charge on any atom is -0.465 e. The summed E-state index contributed by atoms with van der Waals surface area (Å²) in [5.74, 6) is -0.472. The first kappa shape index (κ1) is 14.4. The highest BCUT2D eigenvalue weighted by atomic mass is 16.5. The van der Waals surface area contributed by atoms with Crippen LogP contribution in [0.15, 0.2) is 42.5 Å². The van der Waals surface area contributed by atoms with Gasteiger partial charge in [0.25, 0.3) is 0 Å². The molecule has 2 aromatic carbocycles. The molecule has 0 fully saturated rings. The van der Waals surface area contributed by atoms with Crippen molar-refractivity contribution in [2.45, 2.75) is 6.42 Å². The molecule has 5 heteroatoms. The van der Waals surface area contributed by atoms with Gasteiger partial charge < -0.3 is 15.8 Å². The molecule has 0 aliphatic heterocycles. The maximum absolute atomic E-state index is 11.6. The number of esters is 1. The molecule has 0 saturated carbocycles. The molecule has 2 rings (SSSR count). The molecule has 0 aliphatic rings. The molecule has 0 aliphatic carbocycles. The standard InChI is InChI=1S/C16H15N3O2/c1-21-16(20)13-3-2-4-14(15(13)18)19-12-7-5-11(6-8-12)9-10-17/h2-8,19H,9,18H2,1H3. The maximum Gasteiger partial charge on any atom is 0.340 e. The van der Waals surface area contributed by atoms with Gasteiger partial charge in [0.15, 0.2) is 0 Å². The van der Waals surface area contributed by atoms with E-state index in [-0.39, 0.29) is 0 Å². The van der Waals surface area contributed by atoms with Crippen LogP contribution in [0, 0.1) is 11.3 Å². The number of nitrogens with zero attached hydrogens (tertiary/aromatic N) is 1. The highest BCUT2D eigenvalue weighted by Gasteiger charge is 2.12. The third-order valence-electron chi connectivity index (χ3n) is 3.03. The smallest absolute Gasteiger partial charge is 0.340 e. The number of hydrogen-bond acceptors (Lipinski definition) is 5. The Morgan fingerprint density at radius 1 is 1.29 bits per heavy atom. The molecular formula is C16H15N3O2. The SMILES string of the molecule is COC(=O)c1cccc(Nc2ccc(CC#N)cc2)c1N. The molecule has 0 heterocycles. The van der Waals surface area contributed by atoms with Crippen LogP contribution in [0.2, 0.25) is 0 Å². The monoisotopic (exact) mass is 281 g/mol. The summed E-state index contributed by atoms with van der Waals surface area (Å²) >= 11 is 0. The van der Waals surface area contributed by atoms with Crippen molar-refractivity contribution in [3.05, 3.63) is 53.6 Å². The zero-order chi connectivity index (χ0) is 15.2. The van der Waals surface area contributed by atoms with E-state index in [0.29, 0.717) is 23.4 Å². The molecule has 5 nitrogen and oxygen atoms in total. The van der Waals surface area contributed by atoms with Crippen LogP contribution < -0.4 is 11.1 Å². The van der Waals surface area contributed by atoms with Gasteiger partial charge in [-0.3, -0.25) is 0 Å². The number of para-hydroxylation sites is 1. The Labute approximate surface area is 123 Å². The van der Waals surface area contributed by atoms with Gasteiger partial charge in [0.2, 0.25) is 0 Å². The minimum absolute atomic E-state index is 0.323. The predicted molar refractivity (Wildman–Crippen MR) is 81.2 cm³/mol. The zero-order valence-corrected chi connectivity index (χ0v) is 11.6. The lowest BCUT2D eigenvalue weighted by atomic mass is 10.1. The zero-order valence-electron chi connectivity index (χ0n) is 11.6. The van der Waals surface area contributed by atoms with Gasteiger partial charge in [-0.2, -0.15) is 5.26 Å². The van der Waals surface area contributed by atoms with Crippen LogP contribution >= 0.6 is 0 Å². The number of hydrogen-bond donors (Lipinski definition) is 2. The fraction of sp³-hybridized carbons (Fsp3) is 0.125. The normalized spacial score (nSPS) is 9.71. The first-order valence-corrected chi connectivity index (χ1v) is 6.35. The van der Waals surface area contributed by atoms with Crippen molar-refractivity contribution < 1.29 is 9.53 Å². The van der Waals surface area contributed by atoms with E-state index in [9.17, 15) is 4.79 Å². The lowest BCUT2D eigenvalue weighted by Gasteiger charge is -2.12. The second-order valence-electron chi connectivity index (χ2n) is 4.42. The van der Waals surface area contributed by atoms with E-state index < -0.39 is 5.97 Å². The number of rotatable bonds is 4. The second kappa shape index (κ2) is 6.44. The van der Waals surface area contributed by atoms with Crippen LogP contribution in [0.4, 0.5) is 17.1 Å². The Morgan fingerprint density at radius 2 is 2.00 bits per heavy atom. The number of benzene rings is 2. The van der Waals surface area contributed by atoms with Gasteiger partial charge in [-0.15, -0.1) is 0 Å². The summed E-state index contributed by atoms with van der Waals surface area (Å²) < 4.78 is 4.69. The van der Waals surface area contributed by atoms with Gasteiger partial charge in [0.1, 0.15) is 0 Å². The third kappa shape index (κ3) is 3.31. The van der Waals surface area contributed by atoms with Crippen LogP contribution in [0.1, 0.15) is 15.9 Å². The van der Waals surface area contributed by atoms with Crippen molar-refractivity contribution in [1.82, 2.24) is 0 Å². The van der Waals surface area contributed by atoms with Crippen LogP contribution in [0.5, 0.6) is 0 Å². The molecule has 0 bridgehead atoms. The van der Waals surface area contributed by atoms with Gasteiger partial charge in [0.05, 0.1) is 36.5 Å². The molecule has 2 aromatic rings. The Kier molecular flexibility index (Phi) is 4.42. The van der Waals surface area contributed by atoms with Gasteiger partial charge in [-0.05, 0) is 29.8 Å². The number of nitrogen functional groups attached to an aromatic ring is 1. The van der Waals surface area contributed by atoms with Crippen LogP contribution in [-0.4, -0.2) is 13.1 Å². The van der Waals surface area contributed by atoms with E-state index in [0.717, 1.165) is 11.3 Å². The van der Waals surface area contributed by atoms with Crippen molar-refractivity contribution >= 4 is 23.0 Å². The second-order valence-corrected chi connectivity index (χ2v) is 4.42. The molecule has 0 atom stereocenters. The molecule has 0 amide bonds. The van der Waals surface area contributed by atoms with Gasteiger partial charge in [-0.1, -0.05) is 18.2 Å². The number of carbonyl (C=O) groups excluding carboxylic acids is 1. The first-order chi connectivity index (χ1) is 10.2. The average Bonchev–Trinajstić information content (AvgIpc) is 2.51.